The number of halogens is 1. The topological polar surface area (TPSA) is 57.7 Å². The van der Waals surface area contributed by atoms with Crippen molar-refractivity contribution in [3.8, 4) is 0 Å². The standard InChI is InChI=1S/C13H19ClN2O3S/c1-4-16(5-2)13(17)10-15(3)20(18,19)12-8-6-7-11(14)9-12/h6-9H,4-5,10H2,1-3H3. The van der Waals surface area contributed by atoms with Gasteiger partial charge in [-0.15, -0.1) is 0 Å². The summed E-state index contributed by atoms with van der Waals surface area (Å²) in [6, 6.07) is 5.99. The minimum Gasteiger partial charge on any atom is -0.342 e. The molecule has 0 saturated heterocycles. The molecular formula is C13H19ClN2O3S. The number of sulfonamides is 1. The number of amides is 1. The van der Waals surface area contributed by atoms with Gasteiger partial charge in [-0.1, -0.05) is 17.7 Å². The van der Waals surface area contributed by atoms with E-state index in [0.29, 0.717) is 18.1 Å². The molecule has 0 aliphatic carbocycles. The van der Waals surface area contributed by atoms with E-state index in [2.05, 4.69) is 0 Å². The Hall–Kier alpha value is -1.11. The maximum atomic E-state index is 12.3. The Morgan fingerprint density at radius 2 is 1.85 bits per heavy atom. The van der Waals surface area contributed by atoms with Gasteiger partial charge in [-0.25, -0.2) is 8.42 Å². The van der Waals surface area contributed by atoms with E-state index in [1.54, 1.807) is 17.0 Å². The van der Waals surface area contributed by atoms with E-state index in [1.165, 1.54) is 19.2 Å². The van der Waals surface area contributed by atoms with Crippen molar-refractivity contribution in [3.05, 3.63) is 29.3 Å². The number of hydrogen-bond acceptors (Lipinski definition) is 3. The summed E-state index contributed by atoms with van der Waals surface area (Å²) in [5.41, 5.74) is 0. The van der Waals surface area contributed by atoms with Gasteiger partial charge in [-0.05, 0) is 32.0 Å². The minimum atomic E-state index is -3.71. The first kappa shape index (κ1) is 16.9. The van der Waals surface area contributed by atoms with Crippen LogP contribution in [-0.2, 0) is 14.8 Å². The molecule has 20 heavy (non-hydrogen) atoms. The van der Waals surface area contributed by atoms with Gasteiger partial charge in [0.25, 0.3) is 0 Å². The SMILES string of the molecule is CCN(CC)C(=O)CN(C)S(=O)(=O)c1cccc(Cl)c1. The van der Waals surface area contributed by atoms with Crippen LogP contribution in [0.25, 0.3) is 0 Å². The van der Waals surface area contributed by atoms with Crippen molar-refractivity contribution in [1.29, 1.82) is 0 Å². The van der Waals surface area contributed by atoms with Gasteiger partial charge >= 0.3 is 0 Å². The Bertz CT molecular complexity index is 571. The maximum absolute atomic E-state index is 12.3. The number of hydrogen-bond donors (Lipinski definition) is 0. The van der Waals surface area contributed by atoms with Crippen LogP contribution >= 0.6 is 11.6 Å². The summed E-state index contributed by atoms with van der Waals surface area (Å²) in [6.45, 7) is 4.64. The van der Waals surface area contributed by atoms with E-state index in [9.17, 15) is 13.2 Å². The molecule has 0 aliphatic rings. The van der Waals surface area contributed by atoms with Gasteiger partial charge in [0.2, 0.25) is 15.9 Å². The molecular weight excluding hydrogens is 300 g/mol. The fourth-order valence-corrected chi connectivity index (χ4v) is 3.18. The lowest BCUT2D eigenvalue weighted by molar-refractivity contribution is -0.130. The first-order valence-electron chi connectivity index (χ1n) is 6.32. The van der Waals surface area contributed by atoms with Crippen molar-refractivity contribution in [2.75, 3.05) is 26.7 Å². The van der Waals surface area contributed by atoms with Gasteiger partial charge in [0.15, 0.2) is 0 Å². The summed E-state index contributed by atoms with van der Waals surface area (Å²) >= 11 is 5.80. The molecule has 0 unspecified atom stereocenters. The fraction of sp³-hybridized carbons (Fsp3) is 0.462. The molecule has 112 valence electrons. The largest absolute Gasteiger partial charge is 0.342 e. The van der Waals surface area contributed by atoms with Gasteiger partial charge in [-0.2, -0.15) is 4.31 Å². The van der Waals surface area contributed by atoms with Crippen LogP contribution in [0.3, 0.4) is 0 Å². The second kappa shape index (κ2) is 7.06. The van der Waals surface area contributed by atoms with Crippen LogP contribution in [0.1, 0.15) is 13.8 Å². The molecule has 0 spiro atoms. The molecule has 0 saturated carbocycles. The van der Waals surface area contributed by atoms with Crippen LogP contribution in [-0.4, -0.2) is 50.2 Å². The number of carbonyl (C=O) groups is 1. The van der Waals surface area contributed by atoms with E-state index < -0.39 is 10.0 Å². The number of benzene rings is 1. The maximum Gasteiger partial charge on any atom is 0.243 e. The quantitative estimate of drug-likeness (QED) is 0.804. The van der Waals surface area contributed by atoms with E-state index in [-0.39, 0.29) is 17.3 Å². The number of nitrogens with zero attached hydrogens (tertiary/aromatic N) is 2. The Labute approximate surface area is 125 Å². The second-order valence-electron chi connectivity index (χ2n) is 4.28. The predicted octanol–water partition coefficient (Wildman–Crippen LogP) is 1.83. The Morgan fingerprint density at radius 1 is 1.25 bits per heavy atom. The zero-order valence-electron chi connectivity index (χ0n) is 11.8. The highest BCUT2D eigenvalue weighted by molar-refractivity contribution is 7.89. The summed E-state index contributed by atoms with van der Waals surface area (Å²) in [7, 11) is -2.32. The Balaban J connectivity index is 2.91. The highest BCUT2D eigenvalue weighted by Gasteiger charge is 2.24. The summed E-state index contributed by atoms with van der Waals surface area (Å²) in [5.74, 6) is -0.219. The second-order valence-corrected chi connectivity index (χ2v) is 6.77. The van der Waals surface area contributed by atoms with Crippen LogP contribution in [0.2, 0.25) is 5.02 Å². The smallest absolute Gasteiger partial charge is 0.243 e. The summed E-state index contributed by atoms with van der Waals surface area (Å²) in [5, 5.41) is 0.342. The molecule has 1 aromatic carbocycles. The molecule has 0 aromatic heterocycles. The first-order valence-corrected chi connectivity index (χ1v) is 8.14. The van der Waals surface area contributed by atoms with E-state index >= 15 is 0 Å². The lowest BCUT2D eigenvalue weighted by atomic mass is 10.4. The van der Waals surface area contributed by atoms with E-state index in [1.807, 2.05) is 13.8 Å². The van der Waals surface area contributed by atoms with Gasteiger partial charge in [0.1, 0.15) is 0 Å². The molecule has 1 amide bonds. The molecule has 1 rings (SSSR count). The molecule has 0 atom stereocenters. The molecule has 0 heterocycles. The molecule has 0 bridgehead atoms. The van der Waals surface area contributed by atoms with Crippen molar-refractivity contribution < 1.29 is 13.2 Å². The molecule has 0 aliphatic heterocycles. The predicted molar refractivity (Wildman–Crippen MR) is 79.2 cm³/mol. The molecule has 0 radical (unpaired) electrons. The fourth-order valence-electron chi connectivity index (χ4n) is 1.76. The lowest BCUT2D eigenvalue weighted by Gasteiger charge is -2.23. The van der Waals surface area contributed by atoms with E-state index in [0.717, 1.165) is 4.31 Å². The normalized spacial score (nSPS) is 11.7. The van der Waals surface area contributed by atoms with Crippen molar-refractivity contribution in [2.24, 2.45) is 0 Å². The average Bonchev–Trinajstić information content (AvgIpc) is 2.40. The van der Waals surface area contributed by atoms with Crippen molar-refractivity contribution in [3.63, 3.8) is 0 Å². The third kappa shape index (κ3) is 3.94. The van der Waals surface area contributed by atoms with Crippen LogP contribution in [0.5, 0.6) is 0 Å². The minimum absolute atomic E-state index is 0.0832. The Morgan fingerprint density at radius 3 is 2.35 bits per heavy atom. The molecule has 5 nitrogen and oxygen atoms in total. The third-order valence-corrected chi connectivity index (χ3v) is 5.01. The highest BCUT2D eigenvalue weighted by Crippen LogP contribution is 2.18. The molecule has 0 N–H and O–H groups in total. The summed E-state index contributed by atoms with van der Waals surface area (Å²) in [6.07, 6.45) is 0. The summed E-state index contributed by atoms with van der Waals surface area (Å²) < 4.78 is 25.7. The zero-order chi connectivity index (χ0) is 15.3. The van der Waals surface area contributed by atoms with Gasteiger partial charge in [0.05, 0.1) is 11.4 Å². The number of likely N-dealkylation sites (N-methyl/N-ethyl adjacent to an activating group) is 2. The van der Waals surface area contributed by atoms with Crippen LogP contribution in [0, 0.1) is 0 Å². The molecule has 1 aromatic rings. The van der Waals surface area contributed by atoms with Crippen molar-refractivity contribution in [2.45, 2.75) is 18.7 Å². The van der Waals surface area contributed by atoms with Gasteiger partial charge < -0.3 is 4.90 Å². The van der Waals surface area contributed by atoms with Crippen molar-refractivity contribution in [1.82, 2.24) is 9.21 Å². The molecule has 0 fully saturated rings. The first-order chi connectivity index (χ1) is 9.32. The van der Waals surface area contributed by atoms with Gasteiger partial charge in [-0.3, -0.25) is 4.79 Å². The monoisotopic (exact) mass is 318 g/mol. The van der Waals surface area contributed by atoms with Crippen LogP contribution in [0.15, 0.2) is 29.2 Å². The van der Waals surface area contributed by atoms with Gasteiger partial charge in [0, 0.05) is 25.2 Å². The lowest BCUT2D eigenvalue weighted by Crippen LogP contribution is -2.40. The third-order valence-electron chi connectivity index (χ3n) is 2.98. The van der Waals surface area contributed by atoms with Crippen molar-refractivity contribution >= 4 is 27.5 Å². The van der Waals surface area contributed by atoms with Crippen LogP contribution in [0.4, 0.5) is 0 Å². The summed E-state index contributed by atoms with van der Waals surface area (Å²) in [4.78, 5) is 13.6. The van der Waals surface area contributed by atoms with Crippen LogP contribution < -0.4 is 0 Å². The zero-order valence-corrected chi connectivity index (χ0v) is 13.4. The number of carbonyl (C=O) groups excluding carboxylic acids is 1. The Kier molecular flexibility index (Phi) is 5.98. The average molecular weight is 319 g/mol. The number of rotatable bonds is 6. The van der Waals surface area contributed by atoms with E-state index in [4.69, 9.17) is 11.6 Å². The highest BCUT2D eigenvalue weighted by atomic mass is 35.5. The molecule has 7 heteroatoms.